The Hall–Kier alpha value is 1.88. The third-order valence-corrected chi connectivity index (χ3v) is 5.56. The second-order valence-electron chi connectivity index (χ2n) is 7.70. The summed E-state index contributed by atoms with van der Waals surface area (Å²) in [5.74, 6) is 0. The molecule has 0 aromatic rings. The topological polar surface area (TPSA) is 0 Å². The van der Waals surface area contributed by atoms with Crippen molar-refractivity contribution in [1.82, 2.24) is 0 Å². The lowest BCUT2D eigenvalue weighted by molar-refractivity contribution is 3.26. The maximum atomic E-state index is 6.01. The van der Waals surface area contributed by atoms with Crippen LogP contribution < -0.4 is 0 Å². The standard InChI is InChI=1S/B29/c1-16-24(17(2)3)28(25(18(4)5)19(6)7)29(26(20(8)9)21(10)11)27(22(12)13)23(14)15/q-5. The van der Waals surface area contributed by atoms with Crippen LogP contribution in [0.15, 0.2) is 0 Å². The van der Waals surface area contributed by atoms with Crippen molar-refractivity contribution in [3.05, 3.63) is 0 Å². The first-order chi connectivity index (χ1) is 13.2. The van der Waals surface area contributed by atoms with Crippen molar-refractivity contribution >= 4 is 206 Å². The molecule has 36 radical (unpaired) electrons. The van der Waals surface area contributed by atoms with Crippen LogP contribution in [0.1, 0.15) is 0 Å². The maximum absolute atomic E-state index is 6.01. The Morgan fingerprint density at radius 2 is 0.724 bits per heavy atom. The van der Waals surface area contributed by atoms with Crippen LogP contribution in [-0.4, -0.2) is 206 Å². The summed E-state index contributed by atoms with van der Waals surface area (Å²) in [6.45, 7) is 0. The van der Waals surface area contributed by atoms with Crippen LogP contribution in [0.2, 0.25) is 0 Å². The molecule has 0 spiro atoms. The Kier molecular flexibility index (Phi) is 15.1. The van der Waals surface area contributed by atoms with E-state index in [-0.39, 0.29) is 0 Å². The first-order valence-electron chi connectivity index (χ1n) is 9.33. The zero-order valence-electron chi connectivity index (χ0n) is 16.7. The second-order valence-corrected chi connectivity index (χ2v) is 7.70. The Labute approximate surface area is 205 Å². The molecule has 29 heavy (non-hydrogen) atoms. The minimum absolute atomic E-state index is 0.741. The summed E-state index contributed by atoms with van der Waals surface area (Å²) in [7, 11) is 91.2. The van der Waals surface area contributed by atoms with Crippen molar-refractivity contribution in [3.63, 3.8) is 0 Å². The number of rotatable bonds is 13. The molecule has 0 aromatic carbocycles. The minimum Gasteiger partial charge on any atom is -0.729 e. The van der Waals surface area contributed by atoms with Gasteiger partial charge < -0.3 is 51.5 Å². The zero-order chi connectivity index (χ0) is 23.2. The van der Waals surface area contributed by atoms with E-state index in [1.165, 1.54) is 7.06 Å². The van der Waals surface area contributed by atoms with Gasteiger partial charge in [-0.1, -0.05) is 6.39 Å². The van der Waals surface area contributed by atoms with Crippen LogP contribution in [0.5, 0.6) is 0 Å². The largest absolute Gasteiger partial charge is 0.729 e. The highest BCUT2D eigenvalue weighted by Gasteiger charge is 2.47. The van der Waals surface area contributed by atoms with Crippen LogP contribution in [0.4, 0.5) is 0 Å². The highest BCUT2D eigenvalue weighted by Crippen LogP contribution is 2.13. The zero-order valence-corrected chi connectivity index (χ0v) is 16.7. The van der Waals surface area contributed by atoms with Gasteiger partial charge in [-0.05, 0) is 135 Å². The Morgan fingerprint density at radius 1 is 0.414 bits per heavy atom. The van der Waals surface area contributed by atoms with Crippen molar-refractivity contribution in [3.8, 4) is 0 Å². The molecule has 0 atom stereocenters. The van der Waals surface area contributed by atoms with Gasteiger partial charge in [-0.2, -0.15) is 0 Å². The van der Waals surface area contributed by atoms with Crippen LogP contribution in [0.3, 0.4) is 0 Å². The average molecular weight is 314 g/mol. The summed E-state index contributed by atoms with van der Waals surface area (Å²) < 4.78 is 0. The fourth-order valence-corrected chi connectivity index (χ4v) is 4.36. The highest BCUT2D eigenvalue weighted by molar-refractivity contribution is 8.26. The fourth-order valence-electron chi connectivity index (χ4n) is 4.36. The summed E-state index contributed by atoms with van der Waals surface area (Å²) >= 11 is 0. The van der Waals surface area contributed by atoms with Gasteiger partial charge >= 0.3 is 0 Å². The molecule has 0 nitrogen and oxygen atoms in total. The molecule has 0 aliphatic rings. The van der Waals surface area contributed by atoms with E-state index < -0.39 is 83.0 Å². The van der Waals surface area contributed by atoms with Gasteiger partial charge in [-0.3, -0.25) is 7.06 Å². The van der Waals surface area contributed by atoms with Gasteiger partial charge in [-0.15, -0.1) is 6.39 Å². The molecular weight excluding hydrogens is 314 g/mol. The van der Waals surface area contributed by atoms with E-state index in [0.717, 1.165) is 0 Å². The molecule has 0 heterocycles. The van der Waals surface area contributed by atoms with Gasteiger partial charge in [0.25, 0.3) is 0 Å². The minimum atomic E-state index is -1.03. The molecule has 0 fully saturated rings. The third kappa shape index (κ3) is 8.63. The van der Waals surface area contributed by atoms with E-state index >= 15 is 0 Å². The van der Waals surface area contributed by atoms with Crippen molar-refractivity contribution in [2.24, 2.45) is 0 Å². The van der Waals surface area contributed by atoms with Gasteiger partial charge in [0.1, 0.15) is 0 Å². The van der Waals surface area contributed by atoms with Crippen LogP contribution >= 0.6 is 0 Å². The number of hydrogen-bond acceptors (Lipinski definition) is 0. The van der Waals surface area contributed by atoms with E-state index in [2.05, 4.69) is 0 Å². The molecule has 0 aromatic heterocycles. The SMILES string of the molecule is [B]B([B])B(B([B])[B])B(B(B([B])[B])B([B])[B])B(B([B][B-])B([B-])[B-])B(B([B])[B])B([B-])[B-]. The molecule has 0 aliphatic carbocycles. The molecule has 29 heteroatoms. The van der Waals surface area contributed by atoms with Crippen LogP contribution in [-0.2, 0) is 0 Å². The lowest BCUT2D eigenvalue weighted by Crippen LogP contribution is -2.87. The summed E-state index contributed by atoms with van der Waals surface area (Å²) in [4.78, 5) is 0. The summed E-state index contributed by atoms with van der Waals surface area (Å²) in [5, 5.41) is 0. The Morgan fingerprint density at radius 3 is 0.897 bits per heavy atom. The molecular formula is B29-5. The second kappa shape index (κ2) is 14.2. The highest BCUT2D eigenvalue weighted by atomic mass is 13.3. The van der Waals surface area contributed by atoms with Crippen molar-refractivity contribution in [1.29, 1.82) is 0 Å². The predicted molar refractivity (Wildman–Crippen MR) is 167 cm³/mol. The molecule has 0 N–H and O–H groups in total. The average Bonchev–Trinajstić information content (AvgIpc) is 2.51. The molecule has 0 unspecified atom stereocenters. The molecule has 0 aliphatic heterocycles. The molecule has 92 valence electrons. The van der Waals surface area contributed by atoms with Gasteiger partial charge in [-0.25, -0.2) is 0 Å². The molecule has 0 saturated carbocycles. The van der Waals surface area contributed by atoms with Crippen molar-refractivity contribution in [2.45, 2.75) is 0 Å². The van der Waals surface area contributed by atoms with E-state index in [1.54, 1.807) is 0 Å². The van der Waals surface area contributed by atoms with Crippen molar-refractivity contribution in [2.75, 3.05) is 0 Å². The Balaban J connectivity index is 6.97. The molecule has 0 amide bonds. The first kappa shape index (κ1) is 30.9. The summed E-state index contributed by atoms with van der Waals surface area (Å²) in [5.41, 5.74) is 0. The van der Waals surface area contributed by atoms with Gasteiger partial charge in [0.05, 0.1) is 0 Å². The first-order valence-corrected chi connectivity index (χ1v) is 9.33. The van der Waals surface area contributed by atoms with E-state index in [4.69, 9.17) is 116 Å². The lowest BCUT2D eigenvalue weighted by Gasteiger charge is -2.62. The van der Waals surface area contributed by atoms with Gasteiger partial charge in [0.2, 0.25) is 0 Å². The Bertz CT molecular complexity index is 368. The fraction of sp³-hybridized carbons (Fsp3) is 0. The maximum Gasteiger partial charge on any atom is -0.000000000227 e. The number of hydrogen-bond donors (Lipinski definition) is 0. The molecule has 0 bridgehead atoms. The quantitative estimate of drug-likeness (QED) is 0.296. The predicted octanol–water partition coefficient (Wildman–Crippen LogP) is -11.0. The van der Waals surface area contributed by atoms with E-state index in [1.807, 2.05) is 0 Å². The summed E-state index contributed by atoms with van der Waals surface area (Å²) in [6, 6.07) is 0. The van der Waals surface area contributed by atoms with Crippen molar-refractivity contribution < 1.29 is 0 Å². The lowest BCUT2D eigenvalue weighted by atomic mass is 8.32. The van der Waals surface area contributed by atoms with E-state index in [0.29, 0.717) is 0 Å². The van der Waals surface area contributed by atoms with Gasteiger partial charge in [0.15, 0.2) is 0 Å². The van der Waals surface area contributed by atoms with E-state index in [9.17, 15) is 0 Å². The van der Waals surface area contributed by atoms with Gasteiger partial charge in [0, 0.05) is 0 Å². The third-order valence-electron chi connectivity index (χ3n) is 5.56. The van der Waals surface area contributed by atoms with Crippen LogP contribution in [0.25, 0.3) is 0 Å². The van der Waals surface area contributed by atoms with Crippen LogP contribution in [0, 0.1) is 0 Å². The molecule has 0 saturated heterocycles. The normalized spacial score (nSPS) is 9.55. The monoisotopic (exact) mass is 319 g/mol. The summed E-state index contributed by atoms with van der Waals surface area (Å²) in [6.07, 6.45) is -11.9. The molecule has 0 rings (SSSR count). The smallest absolute Gasteiger partial charge is 0.000000000227 e.